The summed E-state index contributed by atoms with van der Waals surface area (Å²) in [4.78, 5) is 18.3. The molecule has 176 valence electrons. The van der Waals surface area contributed by atoms with Crippen molar-refractivity contribution in [1.29, 1.82) is 5.26 Å². The lowest BCUT2D eigenvalue weighted by Gasteiger charge is -2.12. The molecule has 4 aromatic rings. The molecule has 35 heavy (non-hydrogen) atoms. The summed E-state index contributed by atoms with van der Waals surface area (Å²) in [5.74, 6) is 1.53. The van der Waals surface area contributed by atoms with Crippen LogP contribution in [0, 0.1) is 11.3 Å². The predicted octanol–water partition coefficient (Wildman–Crippen LogP) is 5.77. The van der Waals surface area contributed by atoms with E-state index in [4.69, 9.17) is 14.5 Å². The van der Waals surface area contributed by atoms with Crippen LogP contribution in [0.25, 0.3) is 21.7 Å². The third-order valence-electron chi connectivity index (χ3n) is 5.26. The Kier molecular flexibility index (Phi) is 8.03. The number of hydrogen-bond acceptors (Lipinski definition) is 7. The normalized spacial score (nSPS) is 10.4. The lowest BCUT2D eigenvalue weighted by atomic mass is 10.0. The Morgan fingerprint density at radius 1 is 1.06 bits per heavy atom. The van der Waals surface area contributed by atoms with Crippen molar-refractivity contribution in [2.24, 2.45) is 0 Å². The molecule has 0 bridgehead atoms. The molecule has 0 fully saturated rings. The largest absolute Gasteiger partial charge is 0.497 e. The fourth-order valence-corrected chi connectivity index (χ4v) is 4.98. The SMILES string of the molecule is COc1ccc(CNC(=O)CSc2nc(-c3ccc(OC)cc3)cc(-c3cccs3)c2C#N)cc1. The number of pyridine rings is 1. The number of ether oxygens (including phenoxy) is 2. The first kappa shape index (κ1) is 24.3. The highest BCUT2D eigenvalue weighted by atomic mass is 32.2. The number of thiophene rings is 1. The van der Waals surface area contributed by atoms with E-state index in [0.29, 0.717) is 17.1 Å². The number of carbonyl (C=O) groups excluding carboxylic acids is 1. The second-order valence-corrected chi connectivity index (χ2v) is 9.38. The number of nitriles is 1. The summed E-state index contributed by atoms with van der Waals surface area (Å²) in [5.41, 5.74) is 3.89. The van der Waals surface area contributed by atoms with Gasteiger partial charge in [0.15, 0.2) is 0 Å². The van der Waals surface area contributed by atoms with Crippen molar-refractivity contribution in [2.75, 3.05) is 20.0 Å². The van der Waals surface area contributed by atoms with Crippen LogP contribution in [0.4, 0.5) is 0 Å². The van der Waals surface area contributed by atoms with Gasteiger partial charge in [-0.1, -0.05) is 30.0 Å². The molecule has 8 heteroatoms. The summed E-state index contributed by atoms with van der Waals surface area (Å²) in [5, 5.41) is 15.4. The number of hydrogen-bond donors (Lipinski definition) is 1. The van der Waals surface area contributed by atoms with Crippen molar-refractivity contribution in [1.82, 2.24) is 10.3 Å². The van der Waals surface area contributed by atoms with Crippen LogP contribution in [0.2, 0.25) is 0 Å². The molecule has 6 nitrogen and oxygen atoms in total. The summed E-state index contributed by atoms with van der Waals surface area (Å²) in [7, 11) is 3.24. The van der Waals surface area contributed by atoms with Gasteiger partial charge in [0.1, 0.15) is 22.6 Å². The Bertz CT molecular complexity index is 1330. The van der Waals surface area contributed by atoms with Gasteiger partial charge in [-0.15, -0.1) is 11.3 Å². The van der Waals surface area contributed by atoms with Gasteiger partial charge in [0.2, 0.25) is 5.91 Å². The number of carbonyl (C=O) groups is 1. The Labute approximate surface area is 212 Å². The average molecular weight is 502 g/mol. The van der Waals surface area contributed by atoms with E-state index in [9.17, 15) is 10.1 Å². The van der Waals surface area contributed by atoms with Crippen LogP contribution < -0.4 is 14.8 Å². The molecule has 2 heterocycles. The van der Waals surface area contributed by atoms with Gasteiger partial charge in [-0.05, 0) is 59.5 Å². The molecule has 0 atom stereocenters. The zero-order valence-corrected chi connectivity index (χ0v) is 20.9. The molecule has 0 unspecified atom stereocenters. The minimum Gasteiger partial charge on any atom is -0.497 e. The Balaban J connectivity index is 1.55. The maximum atomic E-state index is 12.6. The second-order valence-electron chi connectivity index (χ2n) is 7.47. The number of methoxy groups -OCH3 is 2. The maximum Gasteiger partial charge on any atom is 0.230 e. The number of nitrogens with zero attached hydrogens (tertiary/aromatic N) is 2. The highest BCUT2D eigenvalue weighted by Crippen LogP contribution is 2.36. The minimum absolute atomic E-state index is 0.135. The highest BCUT2D eigenvalue weighted by Gasteiger charge is 2.17. The maximum absolute atomic E-state index is 12.6. The molecule has 1 N–H and O–H groups in total. The third-order valence-corrected chi connectivity index (χ3v) is 7.14. The topological polar surface area (TPSA) is 84.2 Å². The number of nitrogens with one attached hydrogen (secondary N) is 1. The van der Waals surface area contributed by atoms with E-state index in [1.165, 1.54) is 11.8 Å². The van der Waals surface area contributed by atoms with E-state index in [2.05, 4.69) is 11.4 Å². The van der Waals surface area contributed by atoms with Crippen LogP contribution in [-0.2, 0) is 11.3 Å². The molecule has 2 aromatic carbocycles. The van der Waals surface area contributed by atoms with E-state index < -0.39 is 0 Å². The molecular weight excluding hydrogens is 478 g/mol. The number of thioether (sulfide) groups is 1. The molecule has 0 saturated carbocycles. The van der Waals surface area contributed by atoms with Crippen molar-refractivity contribution in [2.45, 2.75) is 11.6 Å². The Morgan fingerprint density at radius 2 is 1.74 bits per heavy atom. The van der Waals surface area contributed by atoms with Crippen LogP contribution in [0.5, 0.6) is 11.5 Å². The molecule has 0 saturated heterocycles. The molecule has 0 aliphatic heterocycles. The lowest BCUT2D eigenvalue weighted by Crippen LogP contribution is -2.24. The number of amides is 1. The Hall–Kier alpha value is -3.80. The minimum atomic E-state index is -0.135. The van der Waals surface area contributed by atoms with Crippen molar-refractivity contribution < 1.29 is 14.3 Å². The van der Waals surface area contributed by atoms with Crippen LogP contribution in [0.1, 0.15) is 11.1 Å². The van der Waals surface area contributed by atoms with E-state index in [0.717, 1.165) is 38.8 Å². The van der Waals surface area contributed by atoms with E-state index in [1.54, 1.807) is 25.6 Å². The summed E-state index contributed by atoms with van der Waals surface area (Å²) >= 11 is 2.82. The molecule has 2 aromatic heterocycles. The summed E-state index contributed by atoms with van der Waals surface area (Å²) in [6.45, 7) is 0.411. The predicted molar refractivity (Wildman–Crippen MR) is 140 cm³/mol. The number of benzene rings is 2. The number of rotatable bonds is 9. The summed E-state index contributed by atoms with van der Waals surface area (Å²) < 4.78 is 10.4. The molecule has 1 amide bonds. The zero-order chi connectivity index (χ0) is 24.6. The number of aromatic nitrogens is 1. The molecule has 0 aliphatic rings. The van der Waals surface area contributed by atoms with Crippen LogP contribution in [-0.4, -0.2) is 30.9 Å². The molecule has 0 spiro atoms. The quantitative estimate of drug-likeness (QED) is 0.293. The average Bonchev–Trinajstić information content (AvgIpc) is 3.45. The molecule has 4 rings (SSSR count). The van der Waals surface area contributed by atoms with Crippen molar-refractivity contribution in [3.63, 3.8) is 0 Å². The van der Waals surface area contributed by atoms with Gasteiger partial charge in [0, 0.05) is 22.5 Å². The van der Waals surface area contributed by atoms with Gasteiger partial charge in [0.25, 0.3) is 0 Å². The van der Waals surface area contributed by atoms with Gasteiger partial charge in [-0.3, -0.25) is 4.79 Å². The zero-order valence-electron chi connectivity index (χ0n) is 19.3. The van der Waals surface area contributed by atoms with Gasteiger partial charge in [0.05, 0.1) is 31.2 Å². The lowest BCUT2D eigenvalue weighted by molar-refractivity contribution is -0.118. The molecular formula is C27H23N3O3S2. The van der Waals surface area contributed by atoms with Crippen molar-refractivity contribution in [3.05, 3.63) is 83.2 Å². The Morgan fingerprint density at radius 3 is 2.34 bits per heavy atom. The summed E-state index contributed by atoms with van der Waals surface area (Å²) in [6, 6.07) is 23.3. The first-order valence-corrected chi connectivity index (χ1v) is 12.6. The third kappa shape index (κ3) is 6.01. The molecule has 0 aliphatic carbocycles. The highest BCUT2D eigenvalue weighted by molar-refractivity contribution is 8.00. The fourth-order valence-electron chi connectivity index (χ4n) is 3.40. The standard InChI is InChI=1S/C27H23N3O3S2/c1-32-20-9-5-18(6-10-20)16-29-26(31)17-35-27-23(15-28)22(25-4-3-13-34-25)14-24(30-27)19-7-11-21(33-2)12-8-19/h3-14H,16-17H2,1-2H3,(H,29,31). The van der Waals surface area contributed by atoms with Gasteiger partial charge >= 0.3 is 0 Å². The van der Waals surface area contributed by atoms with Gasteiger partial charge < -0.3 is 14.8 Å². The first-order valence-electron chi connectivity index (χ1n) is 10.8. The smallest absolute Gasteiger partial charge is 0.230 e. The second kappa shape index (κ2) is 11.6. The fraction of sp³-hybridized carbons (Fsp3) is 0.148. The first-order chi connectivity index (χ1) is 17.1. The van der Waals surface area contributed by atoms with E-state index in [-0.39, 0.29) is 11.7 Å². The van der Waals surface area contributed by atoms with Crippen LogP contribution in [0.15, 0.2) is 77.1 Å². The van der Waals surface area contributed by atoms with Crippen LogP contribution >= 0.6 is 23.1 Å². The van der Waals surface area contributed by atoms with E-state index >= 15 is 0 Å². The van der Waals surface area contributed by atoms with Crippen molar-refractivity contribution >= 4 is 29.0 Å². The van der Waals surface area contributed by atoms with Crippen LogP contribution in [0.3, 0.4) is 0 Å². The van der Waals surface area contributed by atoms with Crippen molar-refractivity contribution in [3.8, 4) is 39.3 Å². The van der Waals surface area contributed by atoms with Gasteiger partial charge in [-0.25, -0.2) is 4.98 Å². The summed E-state index contributed by atoms with van der Waals surface area (Å²) in [6.07, 6.45) is 0. The monoisotopic (exact) mass is 501 g/mol. The van der Waals surface area contributed by atoms with Gasteiger partial charge in [-0.2, -0.15) is 5.26 Å². The molecule has 0 radical (unpaired) electrons. The van der Waals surface area contributed by atoms with E-state index in [1.807, 2.05) is 72.1 Å².